The quantitative estimate of drug-likeness (QED) is 0.685. The number of hydrogen-bond acceptors (Lipinski definition) is 5. The maximum atomic E-state index is 6.28. The SMILES string of the molecule is CO[Si](CCc1ccc2c(c1)COC(C)(C1CCCC1)O2)(OC)OC. The van der Waals surface area contributed by atoms with Crippen molar-refractivity contribution in [1.82, 2.24) is 0 Å². The first-order valence-corrected chi connectivity index (χ1v) is 11.1. The molecule has 0 amide bonds. The molecule has 1 aliphatic carbocycles. The average Bonchev–Trinajstić information content (AvgIpc) is 3.19. The van der Waals surface area contributed by atoms with Crippen molar-refractivity contribution in [3.05, 3.63) is 29.3 Å². The molecule has 0 bridgehead atoms. The number of hydrogen-bond donors (Lipinski definition) is 0. The summed E-state index contributed by atoms with van der Waals surface area (Å²) in [5.41, 5.74) is 2.34. The lowest BCUT2D eigenvalue weighted by Gasteiger charge is -2.40. The van der Waals surface area contributed by atoms with Gasteiger partial charge in [0.1, 0.15) is 5.75 Å². The molecular weight excluding hydrogens is 336 g/mol. The summed E-state index contributed by atoms with van der Waals surface area (Å²) in [5, 5.41) is 0. The Hall–Kier alpha value is -0.923. The number of aryl methyl sites for hydroxylation is 1. The topological polar surface area (TPSA) is 46.2 Å². The van der Waals surface area contributed by atoms with Crippen LogP contribution in [0.4, 0.5) is 0 Å². The second kappa shape index (κ2) is 7.76. The van der Waals surface area contributed by atoms with Gasteiger partial charge < -0.3 is 22.8 Å². The maximum Gasteiger partial charge on any atom is 0.500 e. The summed E-state index contributed by atoms with van der Waals surface area (Å²) in [6, 6.07) is 7.12. The van der Waals surface area contributed by atoms with Gasteiger partial charge in [-0.15, -0.1) is 0 Å². The van der Waals surface area contributed by atoms with Gasteiger partial charge in [0.05, 0.1) is 6.61 Å². The van der Waals surface area contributed by atoms with Crippen LogP contribution in [-0.2, 0) is 31.0 Å². The van der Waals surface area contributed by atoms with Gasteiger partial charge in [-0.25, -0.2) is 0 Å². The minimum Gasteiger partial charge on any atom is -0.462 e. The number of fused-ring (bicyclic) bond motifs is 1. The van der Waals surface area contributed by atoms with Crippen LogP contribution in [0.15, 0.2) is 18.2 Å². The molecule has 6 heteroatoms. The summed E-state index contributed by atoms with van der Waals surface area (Å²) in [4.78, 5) is 0. The van der Waals surface area contributed by atoms with Crippen LogP contribution in [0, 0.1) is 5.92 Å². The highest BCUT2D eigenvalue weighted by atomic mass is 28.4. The van der Waals surface area contributed by atoms with E-state index in [1.807, 2.05) is 0 Å². The Morgan fingerprint density at radius 1 is 1.12 bits per heavy atom. The van der Waals surface area contributed by atoms with Crippen LogP contribution in [0.1, 0.15) is 43.7 Å². The Kier molecular flexibility index (Phi) is 5.85. The predicted octanol–water partition coefficient (Wildman–Crippen LogP) is 3.92. The maximum absolute atomic E-state index is 6.28. The highest BCUT2D eigenvalue weighted by molar-refractivity contribution is 6.60. The molecule has 5 nitrogen and oxygen atoms in total. The van der Waals surface area contributed by atoms with Crippen LogP contribution in [0.2, 0.25) is 6.04 Å². The fourth-order valence-corrected chi connectivity index (χ4v) is 5.68. The van der Waals surface area contributed by atoms with E-state index >= 15 is 0 Å². The summed E-state index contributed by atoms with van der Waals surface area (Å²) >= 11 is 0. The van der Waals surface area contributed by atoms with Gasteiger partial charge in [-0.2, -0.15) is 0 Å². The van der Waals surface area contributed by atoms with Crippen molar-refractivity contribution in [2.45, 2.75) is 57.5 Å². The van der Waals surface area contributed by atoms with E-state index in [0.717, 1.165) is 23.8 Å². The van der Waals surface area contributed by atoms with Crippen molar-refractivity contribution in [3.8, 4) is 5.75 Å². The monoisotopic (exact) mass is 366 g/mol. The molecule has 1 atom stereocenters. The van der Waals surface area contributed by atoms with Crippen LogP contribution >= 0.6 is 0 Å². The fraction of sp³-hybridized carbons (Fsp3) is 0.684. The Labute approximate surface area is 151 Å². The molecule has 0 radical (unpaired) electrons. The Morgan fingerprint density at radius 2 is 1.80 bits per heavy atom. The van der Waals surface area contributed by atoms with Crippen molar-refractivity contribution in [1.29, 1.82) is 0 Å². The molecule has 2 aliphatic rings. The zero-order chi connectivity index (χ0) is 17.9. The second-order valence-electron chi connectivity index (χ2n) is 7.13. The summed E-state index contributed by atoms with van der Waals surface area (Å²) in [6.07, 6.45) is 5.80. The summed E-state index contributed by atoms with van der Waals surface area (Å²) in [6.45, 7) is 2.70. The molecule has 0 spiro atoms. The van der Waals surface area contributed by atoms with Gasteiger partial charge in [0.2, 0.25) is 5.79 Å². The molecule has 1 aromatic rings. The smallest absolute Gasteiger partial charge is 0.462 e. The largest absolute Gasteiger partial charge is 0.500 e. The summed E-state index contributed by atoms with van der Waals surface area (Å²) < 4.78 is 28.9. The lowest BCUT2D eigenvalue weighted by Crippen LogP contribution is -2.45. The third-order valence-electron chi connectivity index (χ3n) is 5.70. The van der Waals surface area contributed by atoms with Gasteiger partial charge in [0.25, 0.3) is 0 Å². The molecule has 1 aliphatic heterocycles. The molecule has 1 heterocycles. The van der Waals surface area contributed by atoms with Crippen LogP contribution < -0.4 is 4.74 Å². The third kappa shape index (κ3) is 3.93. The molecule has 0 saturated heterocycles. The zero-order valence-corrected chi connectivity index (χ0v) is 16.8. The van der Waals surface area contributed by atoms with Gasteiger partial charge in [-0.1, -0.05) is 18.9 Å². The fourth-order valence-electron chi connectivity index (χ4n) is 3.97. The van der Waals surface area contributed by atoms with E-state index in [1.54, 1.807) is 21.3 Å². The summed E-state index contributed by atoms with van der Waals surface area (Å²) in [7, 11) is 2.41. The molecule has 0 N–H and O–H groups in total. The van der Waals surface area contributed by atoms with Gasteiger partial charge in [0.15, 0.2) is 0 Å². The van der Waals surface area contributed by atoms with Gasteiger partial charge >= 0.3 is 8.80 Å². The second-order valence-corrected chi connectivity index (χ2v) is 10.2. The molecule has 1 fully saturated rings. The Morgan fingerprint density at radius 3 is 2.44 bits per heavy atom. The summed E-state index contributed by atoms with van der Waals surface area (Å²) in [5.74, 6) is 0.977. The van der Waals surface area contributed by atoms with E-state index in [1.165, 1.54) is 31.2 Å². The molecule has 1 unspecified atom stereocenters. The van der Waals surface area contributed by atoms with E-state index < -0.39 is 14.6 Å². The molecule has 3 rings (SSSR count). The molecule has 1 saturated carbocycles. The van der Waals surface area contributed by atoms with E-state index in [2.05, 4.69) is 25.1 Å². The van der Waals surface area contributed by atoms with Gasteiger partial charge in [-0.05, 0) is 37.0 Å². The van der Waals surface area contributed by atoms with E-state index in [4.69, 9.17) is 22.8 Å². The number of benzene rings is 1. The normalized spacial score (nSPS) is 24.2. The Balaban J connectivity index is 1.67. The molecule has 1 aromatic carbocycles. The lowest BCUT2D eigenvalue weighted by atomic mass is 9.96. The van der Waals surface area contributed by atoms with Crippen LogP contribution in [0.25, 0.3) is 0 Å². The van der Waals surface area contributed by atoms with Crippen molar-refractivity contribution in [2.24, 2.45) is 5.92 Å². The molecule has 140 valence electrons. The van der Waals surface area contributed by atoms with Crippen molar-refractivity contribution < 1.29 is 22.8 Å². The first kappa shape index (κ1) is 18.9. The molecule has 25 heavy (non-hydrogen) atoms. The van der Waals surface area contributed by atoms with Crippen molar-refractivity contribution in [2.75, 3.05) is 21.3 Å². The third-order valence-corrected chi connectivity index (χ3v) is 8.43. The average molecular weight is 367 g/mol. The highest BCUT2D eigenvalue weighted by Gasteiger charge is 2.42. The van der Waals surface area contributed by atoms with Gasteiger partial charge in [0, 0.05) is 45.8 Å². The standard InChI is InChI=1S/C19H30O5Si/c1-19(17-7-5-6-8-17)23-14-16-13-15(9-10-18(16)24-19)11-12-25(20-2,21-3)22-4/h9-10,13,17H,5-8,11-12,14H2,1-4H3. The minimum absolute atomic E-state index is 0.477. The zero-order valence-electron chi connectivity index (χ0n) is 15.8. The first-order valence-electron chi connectivity index (χ1n) is 9.14. The lowest BCUT2D eigenvalue weighted by molar-refractivity contribution is -0.224. The van der Waals surface area contributed by atoms with E-state index in [-0.39, 0.29) is 0 Å². The predicted molar refractivity (Wildman–Crippen MR) is 97.5 cm³/mol. The van der Waals surface area contributed by atoms with E-state index in [0.29, 0.717) is 12.5 Å². The van der Waals surface area contributed by atoms with Crippen molar-refractivity contribution in [3.63, 3.8) is 0 Å². The molecule has 0 aromatic heterocycles. The van der Waals surface area contributed by atoms with E-state index in [9.17, 15) is 0 Å². The Bertz CT molecular complexity index is 575. The number of rotatable bonds is 7. The van der Waals surface area contributed by atoms with Crippen LogP contribution in [-0.4, -0.2) is 35.9 Å². The van der Waals surface area contributed by atoms with Crippen molar-refractivity contribution >= 4 is 8.80 Å². The van der Waals surface area contributed by atoms with Gasteiger partial charge in [-0.3, -0.25) is 0 Å². The first-order chi connectivity index (χ1) is 12.0. The number of ether oxygens (including phenoxy) is 2. The van der Waals surface area contributed by atoms with Crippen LogP contribution in [0.3, 0.4) is 0 Å². The minimum atomic E-state index is -2.54. The van der Waals surface area contributed by atoms with Crippen LogP contribution in [0.5, 0.6) is 5.75 Å². The molecular formula is C19H30O5Si. The highest BCUT2D eigenvalue weighted by Crippen LogP contribution is 2.42.